The molecule has 160 valence electrons. The summed E-state index contributed by atoms with van der Waals surface area (Å²) in [6.07, 6.45) is 0. The van der Waals surface area contributed by atoms with Crippen molar-refractivity contribution in [2.75, 3.05) is 0 Å². The van der Waals surface area contributed by atoms with Gasteiger partial charge >= 0.3 is 14.2 Å². The molecule has 0 aliphatic carbocycles. The highest BCUT2D eigenvalue weighted by atomic mass is 28.3. The standard InChI is InChI=1S/C22H38B2O4Si/c1-15(29(10)11)18-16(23-25-19(2,3)20(4,5)26-23)13-12-14-17(18)24-27-21(6,7)22(8,9)28-24/h12-15,29H,1-11H3. The molecule has 1 aromatic rings. The second-order valence-electron chi connectivity index (χ2n) is 11.1. The van der Waals surface area contributed by atoms with Crippen molar-refractivity contribution in [3.05, 3.63) is 23.8 Å². The van der Waals surface area contributed by atoms with Crippen LogP contribution in [-0.4, -0.2) is 45.4 Å². The van der Waals surface area contributed by atoms with Crippen LogP contribution >= 0.6 is 0 Å². The van der Waals surface area contributed by atoms with Crippen molar-refractivity contribution in [1.29, 1.82) is 0 Å². The molecule has 1 aromatic carbocycles. The van der Waals surface area contributed by atoms with Gasteiger partial charge in [0.25, 0.3) is 0 Å². The molecular weight excluding hydrogens is 378 g/mol. The highest BCUT2D eigenvalue weighted by Gasteiger charge is 2.55. The molecule has 0 N–H and O–H groups in total. The van der Waals surface area contributed by atoms with Gasteiger partial charge in [-0.2, -0.15) is 0 Å². The van der Waals surface area contributed by atoms with Gasteiger partial charge in [0.1, 0.15) is 0 Å². The third-order valence-electron chi connectivity index (χ3n) is 7.64. The van der Waals surface area contributed by atoms with E-state index in [4.69, 9.17) is 18.6 Å². The van der Waals surface area contributed by atoms with E-state index in [1.54, 1.807) is 0 Å². The van der Waals surface area contributed by atoms with E-state index in [2.05, 4.69) is 93.6 Å². The average molecular weight is 416 g/mol. The topological polar surface area (TPSA) is 36.9 Å². The van der Waals surface area contributed by atoms with Gasteiger partial charge in [0.2, 0.25) is 0 Å². The zero-order valence-corrected chi connectivity index (χ0v) is 21.3. The summed E-state index contributed by atoms with van der Waals surface area (Å²) >= 11 is 0. The lowest BCUT2D eigenvalue weighted by atomic mass is 9.67. The van der Waals surface area contributed by atoms with Crippen LogP contribution in [0.25, 0.3) is 0 Å². The van der Waals surface area contributed by atoms with Crippen LogP contribution in [0.1, 0.15) is 73.4 Å². The van der Waals surface area contributed by atoms with E-state index >= 15 is 0 Å². The predicted octanol–water partition coefficient (Wildman–Crippen LogP) is 3.41. The van der Waals surface area contributed by atoms with Gasteiger partial charge in [-0.05, 0) is 77.4 Å². The Hall–Kier alpha value is -0.593. The lowest BCUT2D eigenvalue weighted by molar-refractivity contribution is 0.00578. The quantitative estimate of drug-likeness (QED) is 0.706. The Bertz CT molecular complexity index is 690. The summed E-state index contributed by atoms with van der Waals surface area (Å²) in [5, 5.41) is 0. The molecule has 0 amide bonds. The SMILES string of the molecule is CC(c1c(B2OC(C)(C)C(C)(C)O2)cccc1B1OC(C)(C)C(C)(C)O1)[SiH](C)C. The minimum absolute atomic E-state index is 0.367. The molecule has 2 aliphatic rings. The van der Waals surface area contributed by atoms with Gasteiger partial charge in [0.15, 0.2) is 0 Å². The minimum atomic E-state index is -0.988. The Balaban J connectivity index is 2.09. The number of hydrogen-bond acceptors (Lipinski definition) is 4. The first-order valence-electron chi connectivity index (χ1n) is 10.9. The Labute approximate surface area is 179 Å². The Morgan fingerprint density at radius 3 is 1.28 bits per heavy atom. The van der Waals surface area contributed by atoms with Crippen LogP contribution in [-0.2, 0) is 18.6 Å². The van der Waals surface area contributed by atoms with Gasteiger partial charge in [-0.15, -0.1) is 0 Å². The third kappa shape index (κ3) is 3.89. The van der Waals surface area contributed by atoms with Crippen molar-refractivity contribution >= 4 is 34.0 Å². The number of rotatable bonds is 4. The second kappa shape index (κ2) is 7.23. The minimum Gasteiger partial charge on any atom is -0.399 e. The molecule has 2 heterocycles. The third-order valence-corrected chi connectivity index (χ3v) is 9.98. The molecule has 1 atom stereocenters. The monoisotopic (exact) mass is 416 g/mol. The smallest absolute Gasteiger partial charge is 0.399 e. The fraction of sp³-hybridized carbons (Fsp3) is 0.727. The largest absolute Gasteiger partial charge is 0.495 e. The van der Waals surface area contributed by atoms with E-state index in [9.17, 15) is 0 Å². The molecule has 3 rings (SSSR count). The van der Waals surface area contributed by atoms with E-state index in [0.717, 1.165) is 10.9 Å². The van der Waals surface area contributed by atoms with Crippen LogP contribution in [0.15, 0.2) is 18.2 Å². The Kier molecular flexibility index (Phi) is 5.76. The summed E-state index contributed by atoms with van der Waals surface area (Å²) in [6.45, 7) is 23.9. The summed E-state index contributed by atoms with van der Waals surface area (Å²) < 4.78 is 25.7. The first kappa shape index (κ1) is 23.1. The second-order valence-corrected chi connectivity index (χ2v) is 14.5. The summed E-state index contributed by atoms with van der Waals surface area (Å²) in [6, 6.07) is 6.39. The molecule has 1 unspecified atom stereocenters. The van der Waals surface area contributed by atoms with Crippen molar-refractivity contribution in [3.8, 4) is 0 Å². The molecule has 2 saturated heterocycles. The van der Waals surface area contributed by atoms with Crippen molar-refractivity contribution in [2.24, 2.45) is 0 Å². The molecule has 4 nitrogen and oxygen atoms in total. The fourth-order valence-corrected chi connectivity index (χ4v) is 4.86. The van der Waals surface area contributed by atoms with E-state index in [-0.39, 0.29) is 36.6 Å². The average Bonchev–Trinajstić information content (AvgIpc) is 2.93. The summed E-state index contributed by atoms with van der Waals surface area (Å²) in [4.78, 5) is 0. The van der Waals surface area contributed by atoms with Gasteiger partial charge in [0, 0.05) is 8.80 Å². The maximum atomic E-state index is 6.43. The first-order chi connectivity index (χ1) is 13.1. The zero-order chi connectivity index (χ0) is 22.0. The van der Waals surface area contributed by atoms with Gasteiger partial charge in [-0.25, -0.2) is 0 Å². The van der Waals surface area contributed by atoms with Crippen LogP contribution in [0.3, 0.4) is 0 Å². The molecule has 0 spiro atoms. The summed E-state index contributed by atoms with van der Waals surface area (Å²) in [5.74, 6) is 0. The molecule has 0 aromatic heterocycles. The van der Waals surface area contributed by atoms with Gasteiger partial charge in [-0.1, -0.05) is 38.2 Å². The maximum absolute atomic E-state index is 6.43. The van der Waals surface area contributed by atoms with Crippen LogP contribution in [0.5, 0.6) is 0 Å². The molecule has 0 radical (unpaired) electrons. The normalized spacial score (nSPS) is 25.7. The summed E-state index contributed by atoms with van der Waals surface area (Å²) in [5.41, 5.74) is 2.49. The highest BCUT2D eigenvalue weighted by molar-refractivity contribution is 6.68. The predicted molar refractivity (Wildman–Crippen MR) is 125 cm³/mol. The van der Waals surface area contributed by atoms with Crippen molar-refractivity contribution in [2.45, 2.75) is 103 Å². The lowest BCUT2D eigenvalue weighted by Gasteiger charge is -2.32. The Morgan fingerprint density at radius 1 is 0.690 bits per heavy atom. The Morgan fingerprint density at radius 2 is 1.00 bits per heavy atom. The van der Waals surface area contributed by atoms with E-state index in [1.165, 1.54) is 5.56 Å². The van der Waals surface area contributed by atoms with Crippen molar-refractivity contribution in [3.63, 3.8) is 0 Å². The molecule has 2 aliphatic heterocycles. The number of benzene rings is 1. The van der Waals surface area contributed by atoms with E-state index < -0.39 is 8.80 Å². The van der Waals surface area contributed by atoms with Crippen molar-refractivity contribution < 1.29 is 18.6 Å². The van der Waals surface area contributed by atoms with Gasteiger partial charge < -0.3 is 18.6 Å². The van der Waals surface area contributed by atoms with Gasteiger partial charge in [0.05, 0.1) is 22.4 Å². The van der Waals surface area contributed by atoms with Crippen molar-refractivity contribution in [1.82, 2.24) is 0 Å². The van der Waals surface area contributed by atoms with E-state index in [0.29, 0.717) is 5.54 Å². The van der Waals surface area contributed by atoms with Gasteiger partial charge in [-0.3, -0.25) is 0 Å². The molecule has 29 heavy (non-hydrogen) atoms. The van der Waals surface area contributed by atoms with Crippen LogP contribution < -0.4 is 10.9 Å². The lowest BCUT2D eigenvalue weighted by Crippen LogP contribution is -2.47. The van der Waals surface area contributed by atoms with Crippen LogP contribution in [0.2, 0.25) is 13.1 Å². The number of hydrogen-bond donors (Lipinski definition) is 0. The van der Waals surface area contributed by atoms with E-state index in [1.807, 2.05) is 0 Å². The first-order valence-corrected chi connectivity index (χ1v) is 13.9. The van der Waals surface area contributed by atoms with Crippen LogP contribution in [0, 0.1) is 0 Å². The molecular formula is C22H38B2O4Si. The summed E-state index contributed by atoms with van der Waals surface area (Å²) in [7, 11) is -1.75. The molecule has 2 fully saturated rings. The van der Waals surface area contributed by atoms with Crippen LogP contribution in [0.4, 0.5) is 0 Å². The zero-order valence-electron chi connectivity index (χ0n) is 20.2. The highest BCUT2D eigenvalue weighted by Crippen LogP contribution is 2.39. The molecule has 7 heteroatoms. The maximum Gasteiger partial charge on any atom is 0.495 e. The molecule has 0 bridgehead atoms. The fourth-order valence-electron chi connectivity index (χ4n) is 3.81. The molecule has 0 saturated carbocycles.